The highest BCUT2D eigenvalue weighted by molar-refractivity contribution is 7.86. The third-order valence-corrected chi connectivity index (χ3v) is 3.31. The first kappa shape index (κ1) is 18.7. The van der Waals surface area contributed by atoms with E-state index in [1.54, 1.807) is 24.3 Å². The van der Waals surface area contributed by atoms with E-state index in [2.05, 4.69) is 8.37 Å². The molecule has 0 aromatic heterocycles. The zero-order valence-corrected chi connectivity index (χ0v) is 13.9. The molecular weight excluding hydrogens is 336 g/mol. The van der Waals surface area contributed by atoms with E-state index in [-0.39, 0.29) is 26.4 Å². The lowest BCUT2D eigenvalue weighted by Gasteiger charge is -2.08. The first-order chi connectivity index (χ1) is 10.2. The molecule has 0 aliphatic rings. The zero-order valence-electron chi connectivity index (χ0n) is 12.2. The fourth-order valence-corrected chi connectivity index (χ4v) is 2.06. The Morgan fingerprint density at radius 1 is 0.682 bits per heavy atom. The van der Waals surface area contributed by atoms with Crippen LogP contribution in [-0.4, -0.2) is 55.8 Å². The largest absolute Gasteiger partial charge is 0.491 e. The van der Waals surface area contributed by atoms with Gasteiger partial charge in [-0.1, -0.05) is 0 Å². The highest BCUT2D eigenvalue weighted by Gasteiger charge is 2.03. The molecule has 0 heterocycles. The third-order valence-electron chi connectivity index (χ3n) is 2.12. The molecule has 0 saturated heterocycles. The van der Waals surface area contributed by atoms with Gasteiger partial charge in [0.05, 0.1) is 12.5 Å². The van der Waals surface area contributed by atoms with Gasteiger partial charge < -0.3 is 9.47 Å². The van der Waals surface area contributed by atoms with Crippen LogP contribution in [0.15, 0.2) is 24.3 Å². The molecule has 22 heavy (non-hydrogen) atoms. The standard InChI is InChI=1S/C12H18O8S2/c1-21(13,14)19-9-7-17-11-3-5-12(6-4-11)18-8-10-20-22(2,15)16/h3-6H,7-10H2,1-2H3. The van der Waals surface area contributed by atoms with Gasteiger partial charge in [0.15, 0.2) is 0 Å². The molecule has 0 amide bonds. The Morgan fingerprint density at radius 2 is 1.00 bits per heavy atom. The van der Waals surface area contributed by atoms with E-state index in [0.29, 0.717) is 11.5 Å². The molecule has 0 fully saturated rings. The maximum atomic E-state index is 10.7. The topological polar surface area (TPSA) is 105 Å². The second kappa shape index (κ2) is 8.32. The first-order valence-corrected chi connectivity index (χ1v) is 9.83. The molecule has 10 heteroatoms. The molecule has 126 valence electrons. The van der Waals surface area contributed by atoms with Crippen molar-refractivity contribution in [2.45, 2.75) is 0 Å². The highest BCUT2D eigenvalue weighted by atomic mass is 32.2. The molecule has 0 spiro atoms. The SMILES string of the molecule is CS(=O)(=O)OCCOc1ccc(OCCOS(C)(=O)=O)cc1. The first-order valence-electron chi connectivity index (χ1n) is 6.20. The van der Waals surface area contributed by atoms with Crippen LogP contribution in [0.1, 0.15) is 0 Å². The molecule has 1 aromatic rings. The number of rotatable bonds is 10. The lowest BCUT2D eigenvalue weighted by atomic mass is 10.3. The van der Waals surface area contributed by atoms with E-state index in [1.165, 1.54) is 0 Å². The molecule has 0 atom stereocenters. The maximum absolute atomic E-state index is 10.7. The summed E-state index contributed by atoms with van der Waals surface area (Å²) in [6, 6.07) is 6.53. The molecule has 0 unspecified atom stereocenters. The van der Waals surface area contributed by atoms with E-state index >= 15 is 0 Å². The predicted molar refractivity (Wildman–Crippen MR) is 79.0 cm³/mol. The normalized spacial score (nSPS) is 12.1. The van der Waals surface area contributed by atoms with E-state index in [4.69, 9.17) is 9.47 Å². The Hall–Kier alpha value is -1.36. The highest BCUT2D eigenvalue weighted by Crippen LogP contribution is 2.17. The Balaban J connectivity index is 2.28. The minimum absolute atomic E-state index is 0.0695. The van der Waals surface area contributed by atoms with Gasteiger partial charge in [0, 0.05) is 0 Å². The summed E-state index contributed by atoms with van der Waals surface area (Å²) in [5.74, 6) is 1.05. The Morgan fingerprint density at radius 3 is 1.27 bits per heavy atom. The average Bonchev–Trinajstić information content (AvgIpc) is 2.39. The summed E-state index contributed by atoms with van der Waals surface area (Å²) in [6.45, 7) is 0.0464. The van der Waals surface area contributed by atoms with Crippen LogP contribution < -0.4 is 9.47 Å². The molecule has 0 bridgehead atoms. The van der Waals surface area contributed by atoms with Crippen LogP contribution >= 0.6 is 0 Å². The fraction of sp³-hybridized carbons (Fsp3) is 0.500. The van der Waals surface area contributed by atoms with Gasteiger partial charge in [-0.2, -0.15) is 16.8 Å². The summed E-state index contributed by atoms with van der Waals surface area (Å²) < 4.78 is 62.5. The van der Waals surface area contributed by atoms with Crippen LogP contribution in [-0.2, 0) is 28.6 Å². The Bertz CT molecular complexity index is 590. The van der Waals surface area contributed by atoms with Crippen molar-refractivity contribution in [3.05, 3.63) is 24.3 Å². The number of hydrogen-bond acceptors (Lipinski definition) is 8. The number of hydrogen-bond donors (Lipinski definition) is 0. The molecule has 0 radical (unpaired) electrons. The Kier molecular flexibility index (Phi) is 7.07. The summed E-state index contributed by atoms with van der Waals surface area (Å²) in [4.78, 5) is 0. The zero-order chi connectivity index (χ0) is 16.6. The van der Waals surface area contributed by atoms with Gasteiger partial charge in [0.2, 0.25) is 0 Å². The second-order valence-corrected chi connectivity index (χ2v) is 7.51. The molecule has 0 saturated carbocycles. The molecule has 0 aliphatic carbocycles. The predicted octanol–water partition coefficient (Wildman–Crippen LogP) is 0.397. The van der Waals surface area contributed by atoms with Crippen molar-refractivity contribution in [3.63, 3.8) is 0 Å². The number of benzene rings is 1. The molecule has 0 aliphatic heterocycles. The van der Waals surface area contributed by atoms with Crippen LogP contribution in [0.25, 0.3) is 0 Å². The molecule has 1 rings (SSSR count). The number of ether oxygens (including phenoxy) is 2. The summed E-state index contributed by atoms with van der Waals surface area (Å²) in [7, 11) is -6.93. The van der Waals surface area contributed by atoms with Crippen molar-refractivity contribution in [1.82, 2.24) is 0 Å². The lowest BCUT2D eigenvalue weighted by molar-refractivity contribution is 0.218. The van der Waals surface area contributed by atoms with Crippen LogP contribution in [0, 0.1) is 0 Å². The maximum Gasteiger partial charge on any atom is 0.264 e. The molecule has 1 aromatic carbocycles. The molecule has 8 nitrogen and oxygen atoms in total. The lowest BCUT2D eigenvalue weighted by Crippen LogP contribution is -2.11. The van der Waals surface area contributed by atoms with Crippen molar-refractivity contribution in [2.24, 2.45) is 0 Å². The van der Waals surface area contributed by atoms with Crippen molar-refractivity contribution < 1.29 is 34.7 Å². The van der Waals surface area contributed by atoms with Crippen molar-refractivity contribution >= 4 is 20.2 Å². The van der Waals surface area contributed by atoms with Gasteiger partial charge in [-0.05, 0) is 24.3 Å². The van der Waals surface area contributed by atoms with Gasteiger partial charge in [-0.15, -0.1) is 0 Å². The van der Waals surface area contributed by atoms with E-state index in [0.717, 1.165) is 12.5 Å². The van der Waals surface area contributed by atoms with Crippen molar-refractivity contribution in [2.75, 3.05) is 38.9 Å². The Labute approximate surface area is 130 Å². The van der Waals surface area contributed by atoms with Gasteiger partial charge >= 0.3 is 0 Å². The summed E-state index contributed by atoms with van der Waals surface area (Å²) in [5.41, 5.74) is 0. The fourth-order valence-electron chi connectivity index (χ4n) is 1.32. The minimum atomic E-state index is -3.46. The third kappa shape index (κ3) is 9.55. The van der Waals surface area contributed by atoms with Crippen LogP contribution in [0.3, 0.4) is 0 Å². The molecule has 0 N–H and O–H groups in total. The van der Waals surface area contributed by atoms with E-state index in [1.807, 2.05) is 0 Å². The van der Waals surface area contributed by atoms with Crippen LogP contribution in [0.5, 0.6) is 11.5 Å². The quantitative estimate of drug-likeness (QED) is 0.439. The molecular formula is C12H18O8S2. The summed E-state index contributed by atoms with van der Waals surface area (Å²) in [5, 5.41) is 0. The average molecular weight is 354 g/mol. The van der Waals surface area contributed by atoms with Gasteiger partial charge in [0.25, 0.3) is 20.2 Å². The van der Waals surface area contributed by atoms with Crippen molar-refractivity contribution in [3.8, 4) is 11.5 Å². The van der Waals surface area contributed by atoms with Gasteiger partial charge in [0.1, 0.15) is 37.9 Å². The summed E-state index contributed by atoms with van der Waals surface area (Å²) >= 11 is 0. The van der Waals surface area contributed by atoms with E-state index in [9.17, 15) is 16.8 Å². The summed E-state index contributed by atoms with van der Waals surface area (Å²) in [6.07, 6.45) is 1.93. The van der Waals surface area contributed by atoms with Crippen LogP contribution in [0.4, 0.5) is 0 Å². The monoisotopic (exact) mass is 354 g/mol. The smallest absolute Gasteiger partial charge is 0.264 e. The van der Waals surface area contributed by atoms with E-state index < -0.39 is 20.2 Å². The van der Waals surface area contributed by atoms with Gasteiger partial charge in [-0.3, -0.25) is 8.37 Å². The second-order valence-electron chi connectivity index (χ2n) is 4.22. The minimum Gasteiger partial charge on any atom is -0.491 e. The van der Waals surface area contributed by atoms with Gasteiger partial charge in [-0.25, -0.2) is 0 Å². The van der Waals surface area contributed by atoms with Crippen LogP contribution in [0.2, 0.25) is 0 Å². The van der Waals surface area contributed by atoms with Crippen molar-refractivity contribution in [1.29, 1.82) is 0 Å².